The van der Waals surface area contributed by atoms with Crippen molar-refractivity contribution in [2.75, 3.05) is 51.8 Å². The third-order valence-electron chi connectivity index (χ3n) is 6.16. The number of aliphatic imine (C=N–C) groups is 1. The zero-order chi connectivity index (χ0) is 22.3. The van der Waals surface area contributed by atoms with E-state index in [0.717, 1.165) is 67.4 Å². The molecule has 33 heavy (non-hydrogen) atoms. The zero-order valence-corrected chi connectivity index (χ0v) is 22.3. The predicted octanol–water partition coefficient (Wildman–Crippen LogP) is 3.41. The zero-order valence-electron chi connectivity index (χ0n) is 20.0. The Morgan fingerprint density at radius 2 is 1.85 bits per heavy atom. The molecular weight excluding hydrogens is 527 g/mol. The minimum absolute atomic E-state index is 0. The average molecular weight is 565 g/mol. The number of likely N-dealkylation sites (N-methyl/N-ethyl adjacent to an activating group) is 1. The third kappa shape index (κ3) is 7.74. The van der Waals surface area contributed by atoms with Crippen molar-refractivity contribution in [1.82, 2.24) is 20.5 Å². The summed E-state index contributed by atoms with van der Waals surface area (Å²) in [7, 11) is 3.96. The number of guanidine groups is 1. The van der Waals surface area contributed by atoms with Gasteiger partial charge in [0.1, 0.15) is 11.6 Å². The Bertz CT molecular complexity index is 908. The van der Waals surface area contributed by atoms with E-state index >= 15 is 0 Å². The fourth-order valence-corrected chi connectivity index (χ4v) is 3.76. The molecule has 1 aliphatic carbocycles. The first-order valence-corrected chi connectivity index (χ1v) is 11.7. The molecule has 2 heterocycles. The highest BCUT2D eigenvalue weighted by Gasteiger charge is 2.22. The van der Waals surface area contributed by atoms with E-state index in [4.69, 9.17) is 4.74 Å². The SMILES string of the molecule is CN=C(NCc1ccc(N2CCN(C)CC2)nc1)NCc1ccc(C)cc1OCC1CC1.I. The van der Waals surface area contributed by atoms with Crippen LogP contribution in [0.2, 0.25) is 0 Å². The second kappa shape index (κ2) is 12.4. The van der Waals surface area contributed by atoms with Crippen molar-refractivity contribution < 1.29 is 4.74 Å². The smallest absolute Gasteiger partial charge is 0.191 e. The van der Waals surface area contributed by atoms with Gasteiger partial charge in [0.2, 0.25) is 0 Å². The van der Waals surface area contributed by atoms with Crippen molar-refractivity contribution in [3.05, 3.63) is 53.2 Å². The minimum Gasteiger partial charge on any atom is -0.493 e. The summed E-state index contributed by atoms with van der Waals surface area (Å²) in [5.74, 6) is 3.54. The lowest BCUT2D eigenvalue weighted by Gasteiger charge is -2.33. The first-order chi connectivity index (χ1) is 15.6. The van der Waals surface area contributed by atoms with Crippen LogP contribution in [0.3, 0.4) is 0 Å². The Balaban J connectivity index is 0.00000306. The van der Waals surface area contributed by atoms with Crippen LogP contribution in [0.15, 0.2) is 41.5 Å². The Labute approximate surface area is 215 Å². The van der Waals surface area contributed by atoms with Gasteiger partial charge in [-0.1, -0.05) is 18.2 Å². The Morgan fingerprint density at radius 3 is 2.52 bits per heavy atom. The number of ether oxygens (including phenoxy) is 1. The molecule has 0 unspecified atom stereocenters. The standard InChI is InChI=1S/C25H36N6O.HI/c1-19-4-8-22(23(14-19)32-18-20-5-6-20)17-29-25(26-2)28-16-21-7-9-24(27-15-21)31-12-10-30(3)11-13-31;/h4,7-9,14-15,20H,5-6,10-13,16-18H2,1-3H3,(H2,26,28,29);1H. The first-order valence-electron chi connectivity index (χ1n) is 11.7. The lowest BCUT2D eigenvalue weighted by molar-refractivity contribution is 0.296. The topological polar surface area (TPSA) is 65.0 Å². The maximum atomic E-state index is 6.09. The maximum absolute atomic E-state index is 6.09. The number of pyridine rings is 1. The molecule has 1 saturated carbocycles. The number of halogens is 1. The van der Waals surface area contributed by atoms with Crippen molar-refractivity contribution in [3.63, 3.8) is 0 Å². The van der Waals surface area contributed by atoms with Crippen LogP contribution in [-0.4, -0.2) is 62.7 Å². The first kappa shape index (κ1) is 25.6. The highest BCUT2D eigenvalue weighted by molar-refractivity contribution is 14.0. The lowest BCUT2D eigenvalue weighted by atomic mass is 10.1. The van der Waals surface area contributed by atoms with Gasteiger partial charge in [0, 0.05) is 58.1 Å². The van der Waals surface area contributed by atoms with Gasteiger partial charge in [-0.15, -0.1) is 24.0 Å². The lowest BCUT2D eigenvalue weighted by Crippen LogP contribution is -2.44. The summed E-state index contributed by atoms with van der Waals surface area (Å²) in [6, 6.07) is 10.7. The largest absolute Gasteiger partial charge is 0.493 e. The van der Waals surface area contributed by atoms with E-state index in [1.165, 1.54) is 18.4 Å². The summed E-state index contributed by atoms with van der Waals surface area (Å²) in [5.41, 5.74) is 3.50. The fourth-order valence-electron chi connectivity index (χ4n) is 3.76. The molecule has 8 heteroatoms. The number of aromatic nitrogens is 1. The van der Waals surface area contributed by atoms with Crippen LogP contribution in [0.25, 0.3) is 0 Å². The maximum Gasteiger partial charge on any atom is 0.191 e. The number of piperazine rings is 1. The van der Waals surface area contributed by atoms with Gasteiger partial charge in [-0.05, 0) is 56.0 Å². The van der Waals surface area contributed by atoms with Crippen LogP contribution >= 0.6 is 24.0 Å². The van der Waals surface area contributed by atoms with Crippen LogP contribution in [0, 0.1) is 12.8 Å². The van der Waals surface area contributed by atoms with Gasteiger partial charge >= 0.3 is 0 Å². The van der Waals surface area contributed by atoms with Gasteiger partial charge in [-0.3, -0.25) is 4.99 Å². The molecule has 0 radical (unpaired) electrons. The minimum atomic E-state index is 0. The van der Waals surface area contributed by atoms with Crippen molar-refractivity contribution in [2.45, 2.75) is 32.9 Å². The molecule has 2 N–H and O–H groups in total. The molecule has 0 spiro atoms. The molecule has 2 fully saturated rings. The summed E-state index contributed by atoms with van der Waals surface area (Å²) in [6.45, 7) is 8.50. The van der Waals surface area contributed by atoms with Crippen molar-refractivity contribution in [2.24, 2.45) is 10.9 Å². The van der Waals surface area contributed by atoms with Crippen LogP contribution in [-0.2, 0) is 13.1 Å². The molecule has 1 saturated heterocycles. The molecule has 0 bridgehead atoms. The van der Waals surface area contributed by atoms with Crippen molar-refractivity contribution in [1.29, 1.82) is 0 Å². The Morgan fingerprint density at radius 1 is 1.09 bits per heavy atom. The van der Waals surface area contributed by atoms with Gasteiger partial charge in [-0.25, -0.2) is 4.98 Å². The van der Waals surface area contributed by atoms with Gasteiger partial charge in [0.15, 0.2) is 5.96 Å². The Kier molecular flexibility index (Phi) is 9.61. The molecule has 0 atom stereocenters. The summed E-state index contributed by atoms with van der Waals surface area (Å²) in [4.78, 5) is 13.7. The number of aryl methyl sites for hydroxylation is 1. The molecule has 2 aliphatic rings. The van der Waals surface area contributed by atoms with Crippen LogP contribution in [0.4, 0.5) is 5.82 Å². The van der Waals surface area contributed by atoms with Gasteiger partial charge in [0.05, 0.1) is 6.61 Å². The normalized spacial score (nSPS) is 16.8. The molecule has 7 nitrogen and oxygen atoms in total. The van der Waals surface area contributed by atoms with E-state index < -0.39 is 0 Å². The van der Waals surface area contributed by atoms with Gasteiger partial charge in [0.25, 0.3) is 0 Å². The van der Waals surface area contributed by atoms with E-state index in [1.54, 1.807) is 7.05 Å². The van der Waals surface area contributed by atoms with E-state index in [-0.39, 0.29) is 24.0 Å². The number of anilines is 1. The summed E-state index contributed by atoms with van der Waals surface area (Å²) >= 11 is 0. The molecule has 0 amide bonds. The van der Waals surface area contributed by atoms with Crippen LogP contribution < -0.4 is 20.3 Å². The van der Waals surface area contributed by atoms with Gasteiger partial charge < -0.3 is 25.2 Å². The highest BCUT2D eigenvalue weighted by atomic mass is 127. The second-order valence-corrected chi connectivity index (χ2v) is 8.96. The van der Waals surface area contributed by atoms with Gasteiger partial charge in [-0.2, -0.15) is 0 Å². The molecule has 1 aliphatic heterocycles. The number of benzene rings is 1. The quantitative estimate of drug-likeness (QED) is 0.291. The summed E-state index contributed by atoms with van der Waals surface area (Å²) < 4.78 is 6.09. The van der Waals surface area contributed by atoms with Crippen LogP contribution in [0.5, 0.6) is 5.75 Å². The highest BCUT2D eigenvalue weighted by Crippen LogP contribution is 2.30. The van der Waals surface area contributed by atoms with Crippen molar-refractivity contribution >= 4 is 35.8 Å². The summed E-state index contributed by atoms with van der Waals surface area (Å²) in [5, 5.41) is 6.80. The number of hydrogen-bond donors (Lipinski definition) is 2. The van der Waals surface area contributed by atoms with Crippen molar-refractivity contribution in [3.8, 4) is 5.75 Å². The molecule has 4 rings (SSSR count). The van der Waals surface area contributed by atoms with E-state index in [9.17, 15) is 0 Å². The second-order valence-electron chi connectivity index (χ2n) is 8.96. The number of nitrogens with one attached hydrogen (secondary N) is 2. The Hall–Kier alpha value is -2.07. The van der Waals surface area contributed by atoms with E-state index in [1.807, 2.05) is 6.20 Å². The molecule has 2 aromatic rings. The summed E-state index contributed by atoms with van der Waals surface area (Å²) in [6.07, 6.45) is 4.54. The van der Waals surface area contributed by atoms with E-state index in [0.29, 0.717) is 13.1 Å². The monoisotopic (exact) mass is 564 g/mol. The molecule has 180 valence electrons. The molecule has 1 aromatic heterocycles. The third-order valence-corrected chi connectivity index (χ3v) is 6.16. The average Bonchev–Trinajstić information content (AvgIpc) is 3.64. The van der Waals surface area contributed by atoms with E-state index in [2.05, 4.69) is 74.7 Å². The number of rotatable bonds is 8. The molecule has 1 aromatic carbocycles. The fraction of sp³-hybridized carbons (Fsp3) is 0.520. The molecular formula is C25H37IN6O. The van der Waals surface area contributed by atoms with Crippen LogP contribution in [0.1, 0.15) is 29.5 Å². The number of hydrogen-bond acceptors (Lipinski definition) is 5. The number of nitrogens with zero attached hydrogens (tertiary/aromatic N) is 4. The predicted molar refractivity (Wildman–Crippen MR) is 146 cm³/mol.